The van der Waals surface area contributed by atoms with E-state index in [-0.39, 0.29) is 5.76 Å². The highest BCUT2D eigenvalue weighted by Crippen LogP contribution is 2.35. The Balaban J connectivity index is 2.82. The van der Waals surface area contributed by atoms with Gasteiger partial charge in [0.25, 0.3) is 6.43 Å². The summed E-state index contributed by atoms with van der Waals surface area (Å²) in [5.41, 5.74) is 1.92. The van der Waals surface area contributed by atoms with E-state index in [9.17, 15) is 8.78 Å². The number of hydrogen-bond acceptors (Lipinski definition) is 1. The third-order valence-corrected chi connectivity index (χ3v) is 2.88. The maximum Gasteiger partial charge on any atom is 0.295 e. The van der Waals surface area contributed by atoms with Crippen LogP contribution in [0.15, 0.2) is 21.0 Å². The van der Waals surface area contributed by atoms with Crippen molar-refractivity contribution in [3.05, 3.63) is 33.5 Å². The van der Waals surface area contributed by atoms with Crippen LogP contribution in [0.2, 0.25) is 0 Å². The van der Waals surface area contributed by atoms with Crippen LogP contribution in [-0.4, -0.2) is 0 Å². The number of benzene rings is 1. The molecule has 2 aromatic rings. The second kappa shape index (κ2) is 3.59. The number of halogens is 3. The molecule has 0 amide bonds. The van der Waals surface area contributed by atoms with Crippen LogP contribution in [0, 0.1) is 13.8 Å². The second-order valence-corrected chi connectivity index (χ2v) is 4.41. The molecule has 0 unspecified atom stereocenters. The van der Waals surface area contributed by atoms with Crippen LogP contribution in [0.1, 0.15) is 23.3 Å². The summed E-state index contributed by atoms with van der Waals surface area (Å²) in [6, 6.07) is 3.65. The van der Waals surface area contributed by atoms with Crippen LogP contribution < -0.4 is 0 Å². The predicted octanol–water partition coefficient (Wildman–Crippen LogP) is 4.75. The molecule has 1 aromatic carbocycles. The fraction of sp³-hybridized carbons (Fsp3) is 0.273. The second-order valence-electron chi connectivity index (χ2n) is 3.49. The standard InChI is InChI=1S/C11H9BrF2O/c1-5-3-7(12)4-8-6(2)10(11(13)14)15-9(5)8/h3-4,11H,1-2H3. The van der Waals surface area contributed by atoms with E-state index < -0.39 is 6.43 Å². The Morgan fingerprint density at radius 2 is 1.93 bits per heavy atom. The summed E-state index contributed by atoms with van der Waals surface area (Å²) >= 11 is 3.33. The van der Waals surface area contributed by atoms with E-state index in [1.807, 2.05) is 13.0 Å². The number of fused-ring (bicyclic) bond motifs is 1. The maximum absolute atomic E-state index is 12.6. The molecule has 0 radical (unpaired) electrons. The highest BCUT2D eigenvalue weighted by molar-refractivity contribution is 9.10. The number of alkyl halides is 2. The molecule has 1 heterocycles. The monoisotopic (exact) mass is 274 g/mol. The van der Waals surface area contributed by atoms with Crippen molar-refractivity contribution in [3.8, 4) is 0 Å². The first kappa shape index (κ1) is 10.6. The Kier molecular flexibility index (Phi) is 2.54. The van der Waals surface area contributed by atoms with Crippen molar-refractivity contribution in [2.24, 2.45) is 0 Å². The molecular weight excluding hydrogens is 266 g/mol. The van der Waals surface area contributed by atoms with Gasteiger partial charge in [-0.25, -0.2) is 8.78 Å². The van der Waals surface area contributed by atoms with Crippen molar-refractivity contribution in [1.29, 1.82) is 0 Å². The van der Waals surface area contributed by atoms with Crippen LogP contribution in [0.25, 0.3) is 11.0 Å². The maximum atomic E-state index is 12.6. The van der Waals surface area contributed by atoms with Gasteiger partial charge in [0.2, 0.25) is 0 Å². The van der Waals surface area contributed by atoms with E-state index in [4.69, 9.17) is 4.42 Å². The molecule has 0 aliphatic heterocycles. The van der Waals surface area contributed by atoms with Crippen LogP contribution in [0.3, 0.4) is 0 Å². The average Bonchev–Trinajstić information content (AvgIpc) is 2.44. The van der Waals surface area contributed by atoms with Crippen molar-refractivity contribution in [2.75, 3.05) is 0 Å². The normalized spacial score (nSPS) is 11.6. The minimum Gasteiger partial charge on any atom is -0.454 e. The minimum absolute atomic E-state index is 0.230. The first-order valence-corrected chi connectivity index (χ1v) is 5.27. The molecule has 1 aromatic heterocycles. The van der Waals surface area contributed by atoms with Crippen molar-refractivity contribution in [1.82, 2.24) is 0 Å². The average molecular weight is 275 g/mol. The molecule has 4 heteroatoms. The largest absolute Gasteiger partial charge is 0.454 e. The van der Waals surface area contributed by atoms with Gasteiger partial charge in [-0.3, -0.25) is 0 Å². The smallest absolute Gasteiger partial charge is 0.295 e. The van der Waals surface area contributed by atoms with Gasteiger partial charge >= 0.3 is 0 Å². The van der Waals surface area contributed by atoms with Gasteiger partial charge < -0.3 is 4.42 Å². The van der Waals surface area contributed by atoms with Gasteiger partial charge in [-0.05, 0) is 31.5 Å². The number of aryl methyl sites for hydroxylation is 2. The number of hydrogen-bond donors (Lipinski definition) is 0. The summed E-state index contributed by atoms with van der Waals surface area (Å²) in [6.45, 7) is 3.49. The predicted molar refractivity (Wildman–Crippen MR) is 58.3 cm³/mol. The molecule has 0 aliphatic carbocycles. The zero-order valence-corrected chi connectivity index (χ0v) is 9.86. The molecule has 0 saturated carbocycles. The lowest BCUT2D eigenvalue weighted by atomic mass is 10.1. The van der Waals surface area contributed by atoms with Gasteiger partial charge in [-0.15, -0.1) is 0 Å². The molecule has 0 saturated heterocycles. The zero-order valence-electron chi connectivity index (χ0n) is 8.27. The lowest BCUT2D eigenvalue weighted by Crippen LogP contribution is -1.82. The van der Waals surface area contributed by atoms with E-state index in [1.165, 1.54) is 0 Å². The summed E-state index contributed by atoms with van der Waals surface area (Å²) in [7, 11) is 0. The highest BCUT2D eigenvalue weighted by Gasteiger charge is 2.19. The van der Waals surface area contributed by atoms with E-state index in [2.05, 4.69) is 15.9 Å². The molecule has 0 fully saturated rings. The minimum atomic E-state index is -2.56. The van der Waals surface area contributed by atoms with Gasteiger partial charge in [-0.1, -0.05) is 15.9 Å². The van der Waals surface area contributed by atoms with Crippen molar-refractivity contribution in [3.63, 3.8) is 0 Å². The third kappa shape index (κ3) is 1.67. The summed E-state index contributed by atoms with van der Waals surface area (Å²) in [4.78, 5) is 0. The molecule has 0 N–H and O–H groups in total. The van der Waals surface area contributed by atoms with Crippen molar-refractivity contribution < 1.29 is 13.2 Å². The molecule has 0 bridgehead atoms. The summed E-state index contributed by atoms with van der Waals surface area (Å²) in [6.07, 6.45) is -2.56. The fourth-order valence-electron chi connectivity index (χ4n) is 1.67. The first-order valence-electron chi connectivity index (χ1n) is 4.48. The summed E-state index contributed by atoms with van der Waals surface area (Å²) < 4.78 is 31.2. The molecule has 2 rings (SSSR count). The Morgan fingerprint density at radius 1 is 1.27 bits per heavy atom. The molecule has 0 aliphatic rings. The van der Waals surface area contributed by atoms with Gasteiger partial charge in [0.05, 0.1) is 0 Å². The van der Waals surface area contributed by atoms with Gasteiger partial charge in [-0.2, -0.15) is 0 Å². The van der Waals surface area contributed by atoms with Crippen LogP contribution in [-0.2, 0) is 0 Å². The Morgan fingerprint density at radius 3 is 2.53 bits per heavy atom. The third-order valence-electron chi connectivity index (χ3n) is 2.42. The zero-order chi connectivity index (χ0) is 11.2. The van der Waals surface area contributed by atoms with Gasteiger partial charge in [0.1, 0.15) is 5.58 Å². The fourth-order valence-corrected chi connectivity index (χ4v) is 2.24. The molecule has 0 spiro atoms. The van der Waals surface area contributed by atoms with E-state index in [0.717, 1.165) is 15.4 Å². The van der Waals surface area contributed by atoms with Crippen LogP contribution in [0.5, 0.6) is 0 Å². The van der Waals surface area contributed by atoms with Crippen molar-refractivity contribution in [2.45, 2.75) is 20.3 Å². The SMILES string of the molecule is Cc1c(C(F)F)oc2c(C)cc(Br)cc12. The van der Waals surface area contributed by atoms with Gasteiger partial charge in [0.15, 0.2) is 5.76 Å². The molecular formula is C11H9BrF2O. The Bertz CT molecular complexity index is 517. The molecule has 1 nitrogen and oxygen atoms in total. The Hall–Kier alpha value is -0.900. The van der Waals surface area contributed by atoms with Crippen LogP contribution in [0.4, 0.5) is 8.78 Å². The summed E-state index contributed by atoms with van der Waals surface area (Å²) in [5.74, 6) is -0.230. The van der Waals surface area contributed by atoms with E-state index in [1.54, 1.807) is 13.0 Å². The molecule has 80 valence electrons. The number of furan rings is 1. The summed E-state index contributed by atoms with van der Waals surface area (Å²) in [5, 5.41) is 0.747. The Labute approximate surface area is 94.2 Å². The van der Waals surface area contributed by atoms with Gasteiger partial charge in [0, 0.05) is 15.4 Å². The molecule has 15 heavy (non-hydrogen) atoms. The van der Waals surface area contributed by atoms with E-state index in [0.29, 0.717) is 11.1 Å². The van der Waals surface area contributed by atoms with Crippen molar-refractivity contribution >= 4 is 26.9 Å². The quantitative estimate of drug-likeness (QED) is 0.732. The topological polar surface area (TPSA) is 13.1 Å². The highest BCUT2D eigenvalue weighted by atomic mass is 79.9. The lowest BCUT2D eigenvalue weighted by Gasteiger charge is -1.96. The number of rotatable bonds is 1. The first-order chi connectivity index (χ1) is 7.00. The lowest BCUT2D eigenvalue weighted by molar-refractivity contribution is 0.123. The molecule has 0 atom stereocenters. The van der Waals surface area contributed by atoms with Crippen LogP contribution >= 0.6 is 15.9 Å². The van der Waals surface area contributed by atoms with E-state index >= 15 is 0 Å².